The van der Waals surface area contributed by atoms with Gasteiger partial charge in [0.15, 0.2) is 0 Å². The SMILES string of the molecule is CCCOCCCNc1ccc(C(F)(F)F)cc1C(=O)O. The molecule has 1 aromatic carbocycles. The van der Waals surface area contributed by atoms with E-state index in [1.54, 1.807) is 0 Å². The van der Waals surface area contributed by atoms with Crippen molar-refractivity contribution >= 4 is 11.7 Å². The van der Waals surface area contributed by atoms with E-state index >= 15 is 0 Å². The second-order valence-electron chi connectivity index (χ2n) is 4.46. The van der Waals surface area contributed by atoms with E-state index in [-0.39, 0.29) is 11.3 Å². The first-order valence-corrected chi connectivity index (χ1v) is 6.62. The van der Waals surface area contributed by atoms with Gasteiger partial charge in [-0.05, 0) is 31.0 Å². The Balaban J connectivity index is 2.67. The maximum absolute atomic E-state index is 12.6. The van der Waals surface area contributed by atoms with Crippen LogP contribution < -0.4 is 5.32 Å². The van der Waals surface area contributed by atoms with E-state index in [1.807, 2.05) is 6.92 Å². The molecule has 4 nitrogen and oxygen atoms in total. The van der Waals surface area contributed by atoms with Crippen molar-refractivity contribution in [2.75, 3.05) is 25.1 Å². The van der Waals surface area contributed by atoms with Gasteiger partial charge in [0, 0.05) is 25.4 Å². The molecule has 0 aliphatic heterocycles. The Bertz CT molecular complexity index is 475. The quantitative estimate of drug-likeness (QED) is 0.720. The topological polar surface area (TPSA) is 58.6 Å². The first-order chi connectivity index (χ1) is 9.86. The molecule has 0 saturated heterocycles. The van der Waals surface area contributed by atoms with Crippen LogP contribution in [0.4, 0.5) is 18.9 Å². The third kappa shape index (κ3) is 5.63. The predicted molar refractivity (Wildman–Crippen MR) is 72.6 cm³/mol. The van der Waals surface area contributed by atoms with E-state index < -0.39 is 17.7 Å². The minimum atomic E-state index is -4.56. The van der Waals surface area contributed by atoms with Crippen molar-refractivity contribution in [3.63, 3.8) is 0 Å². The van der Waals surface area contributed by atoms with Crippen LogP contribution in [0.25, 0.3) is 0 Å². The number of rotatable bonds is 8. The van der Waals surface area contributed by atoms with Crippen molar-refractivity contribution in [1.29, 1.82) is 0 Å². The molecule has 118 valence electrons. The van der Waals surface area contributed by atoms with Crippen molar-refractivity contribution in [2.24, 2.45) is 0 Å². The van der Waals surface area contributed by atoms with Gasteiger partial charge in [-0.15, -0.1) is 0 Å². The highest BCUT2D eigenvalue weighted by Gasteiger charge is 2.31. The largest absolute Gasteiger partial charge is 0.478 e. The summed E-state index contributed by atoms with van der Waals surface area (Å²) in [5, 5.41) is 11.8. The van der Waals surface area contributed by atoms with Crippen LogP contribution in [0.1, 0.15) is 35.7 Å². The van der Waals surface area contributed by atoms with E-state index in [2.05, 4.69) is 5.32 Å². The summed E-state index contributed by atoms with van der Waals surface area (Å²) in [4.78, 5) is 11.0. The second kappa shape index (κ2) is 7.87. The Morgan fingerprint density at radius 1 is 1.33 bits per heavy atom. The highest BCUT2D eigenvalue weighted by atomic mass is 19.4. The van der Waals surface area contributed by atoms with E-state index in [1.165, 1.54) is 0 Å². The maximum Gasteiger partial charge on any atom is 0.416 e. The zero-order valence-corrected chi connectivity index (χ0v) is 11.7. The monoisotopic (exact) mass is 305 g/mol. The lowest BCUT2D eigenvalue weighted by molar-refractivity contribution is -0.137. The predicted octanol–water partition coefficient (Wildman–Crippen LogP) is 3.63. The summed E-state index contributed by atoms with van der Waals surface area (Å²) < 4.78 is 42.9. The Morgan fingerprint density at radius 2 is 2.05 bits per heavy atom. The lowest BCUT2D eigenvalue weighted by Crippen LogP contribution is -2.12. The number of benzene rings is 1. The van der Waals surface area contributed by atoms with Crippen LogP contribution in [0.15, 0.2) is 18.2 Å². The fourth-order valence-electron chi connectivity index (χ4n) is 1.70. The van der Waals surface area contributed by atoms with Crippen molar-refractivity contribution in [2.45, 2.75) is 25.9 Å². The summed E-state index contributed by atoms with van der Waals surface area (Å²) in [6.45, 7) is 3.58. The first-order valence-electron chi connectivity index (χ1n) is 6.62. The number of carbonyl (C=O) groups is 1. The van der Waals surface area contributed by atoms with Crippen molar-refractivity contribution in [1.82, 2.24) is 0 Å². The van der Waals surface area contributed by atoms with Crippen LogP contribution in [0, 0.1) is 0 Å². The minimum Gasteiger partial charge on any atom is -0.478 e. The number of alkyl halides is 3. The summed E-state index contributed by atoms with van der Waals surface area (Å²) in [5.41, 5.74) is -1.19. The number of anilines is 1. The third-order valence-corrected chi connectivity index (χ3v) is 2.71. The maximum atomic E-state index is 12.6. The van der Waals surface area contributed by atoms with Crippen LogP contribution in [0.3, 0.4) is 0 Å². The number of hydrogen-bond acceptors (Lipinski definition) is 3. The van der Waals surface area contributed by atoms with Crippen LogP contribution in [0.2, 0.25) is 0 Å². The Hall–Kier alpha value is -1.76. The van der Waals surface area contributed by atoms with Crippen molar-refractivity contribution < 1.29 is 27.8 Å². The number of aromatic carboxylic acids is 1. The van der Waals surface area contributed by atoms with Gasteiger partial charge in [0.25, 0.3) is 0 Å². The van der Waals surface area contributed by atoms with Gasteiger partial charge in [-0.1, -0.05) is 6.92 Å². The van der Waals surface area contributed by atoms with Crippen molar-refractivity contribution in [3.05, 3.63) is 29.3 Å². The Kier molecular flexibility index (Phi) is 6.48. The molecule has 1 aromatic rings. The molecule has 0 heterocycles. The molecule has 0 aliphatic carbocycles. The molecule has 0 aromatic heterocycles. The fraction of sp³-hybridized carbons (Fsp3) is 0.500. The lowest BCUT2D eigenvalue weighted by atomic mass is 10.1. The fourth-order valence-corrected chi connectivity index (χ4v) is 1.70. The highest BCUT2D eigenvalue weighted by Crippen LogP contribution is 2.31. The molecule has 1 rings (SSSR count). The molecule has 0 unspecified atom stereocenters. The standard InChI is InChI=1S/C14H18F3NO3/c1-2-7-21-8-3-6-18-12-5-4-10(14(15,16)17)9-11(12)13(19)20/h4-5,9,18H,2-3,6-8H2,1H3,(H,19,20). The number of ether oxygens (including phenoxy) is 1. The van der Waals surface area contributed by atoms with E-state index in [4.69, 9.17) is 9.84 Å². The summed E-state index contributed by atoms with van der Waals surface area (Å²) in [6.07, 6.45) is -3.01. The summed E-state index contributed by atoms with van der Waals surface area (Å²) in [7, 11) is 0. The zero-order valence-electron chi connectivity index (χ0n) is 11.7. The molecule has 0 saturated carbocycles. The van der Waals surface area contributed by atoms with Gasteiger partial charge in [0.2, 0.25) is 0 Å². The molecule has 0 fully saturated rings. The van der Waals surface area contributed by atoms with Crippen molar-refractivity contribution in [3.8, 4) is 0 Å². The second-order valence-corrected chi connectivity index (χ2v) is 4.46. The zero-order chi connectivity index (χ0) is 15.9. The van der Waals surface area contributed by atoms with Gasteiger partial charge in [-0.2, -0.15) is 13.2 Å². The van der Waals surface area contributed by atoms with Crippen LogP contribution >= 0.6 is 0 Å². The number of carboxylic acids is 1. The van der Waals surface area contributed by atoms with Gasteiger partial charge < -0.3 is 15.2 Å². The number of carboxylic acid groups (broad SMARTS) is 1. The van der Waals surface area contributed by atoms with Gasteiger partial charge in [0.1, 0.15) is 0 Å². The summed E-state index contributed by atoms with van der Waals surface area (Å²) in [6, 6.07) is 2.64. The number of hydrogen-bond donors (Lipinski definition) is 2. The van der Waals surface area contributed by atoms with Gasteiger partial charge in [0.05, 0.1) is 11.1 Å². The Labute approximate surface area is 120 Å². The molecule has 21 heavy (non-hydrogen) atoms. The molecular weight excluding hydrogens is 287 g/mol. The van der Waals surface area contributed by atoms with Gasteiger partial charge in [-0.3, -0.25) is 0 Å². The van der Waals surface area contributed by atoms with Crippen LogP contribution in [-0.4, -0.2) is 30.8 Å². The van der Waals surface area contributed by atoms with E-state index in [9.17, 15) is 18.0 Å². The molecule has 7 heteroatoms. The van der Waals surface area contributed by atoms with Gasteiger partial charge in [-0.25, -0.2) is 4.79 Å². The smallest absolute Gasteiger partial charge is 0.416 e. The van der Waals surface area contributed by atoms with E-state index in [0.717, 1.165) is 18.6 Å². The van der Waals surface area contributed by atoms with Gasteiger partial charge >= 0.3 is 12.1 Å². The molecule has 0 radical (unpaired) electrons. The molecule has 0 atom stereocenters. The molecular formula is C14H18F3NO3. The lowest BCUT2D eigenvalue weighted by Gasteiger charge is -2.13. The molecule has 2 N–H and O–H groups in total. The highest BCUT2D eigenvalue weighted by molar-refractivity contribution is 5.94. The average Bonchev–Trinajstić information content (AvgIpc) is 2.41. The molecule has 0 spiro atoms. The van der Waals surface area contributed by atoms with Crippen LogP contribution in [0.5, 0.6) is 0 Å². The summed E-state index contributed by atoms with van der Waals surface area (Å²) >= 11 is 0. The minimum absolute atomic E-state index is 0.172. The van der Waals surface area contributed by atoms with Crippen LogP contribution in [-0.2, 0) is 10.9 Å². The average molecular weight is 305 g/mol. The number of nitrogens with one attached hydrogen (secondary N) is 1. The normalized spacial score (nSPS) is 11.4. The summed E-state index contributed by atoms with van der Waals surface area (Å²) in [5.74, 6) is -1.40. The molecule has 0 amide bonds. The third-order valence-electron chi connectivity index (χ3n) is 2.71. The number of halogens is 3. The Morgan fingerprint density at radius 3 is 2.62 bits per heavy atom. The molecule has 0 bridgehead atoms. The van der Waals surface area contributed by atoms with E-state index in [0.29, 0.717) is 32.2 Å². The molecule has 0 aliphatic rings. The first kappa shape index (κ1) is 17.3.